The lowest BCUT2D eigenvalue weighted by Gasteiger charge is -2.13. The Morgan fingerprint density at radius 2 is 2.24 bits per heavy atom. The van der Waals surface area contributed by atoms with Crippen molar-refractivity contribution in [2.24, 2.45) is 4.99 Å². The van der Waals surface area contributed by atoms with Crippen LogP contribution in [0.4, 0.5) is 5.69 Å². The number of hydrogen-bond donors (Lipinski definition) is 1. The number of aliphatic imine (C=N–C) groups is 1. The smallest absolute Gasteiger partial charge is 0.347 e. The average Bonchev–Trinajstić information content (AvgIpc) is 2.35. The summed E-state index contributed by atoms with van der Waals surface area (Å²) in [5.41, 5.74) is 1.85. The molecule has 1 aromatic rings. The van der Waals surface area contributed by atoms with Crippen molar-refractivity contribution in [3.63, 3.8) is 0 Å². The van der Waals surface area contributed by atoms with Gasteiger partial charge >= 0.3 is 5.84 Å². The maximum Gasteiger partial charge on any atom is 0.347 e. The van der Waals surface area contributed by atoms with Crippen molar-refractivity contribution >= 4 is 23.3 Å². The summed E-state index contributed by atoms with van der Waals surface area (Å²) in [5.74, 6) is 1.71. The first-order valence-corrected chi connectivity index (χ1v) is 6.71. The number of nitrogens with zero attached hydrogens (tertiary/aromatic N) is 2. The van der Waals surface area contributed by atoms with Crippen LogP contribution in [0.1, 0.15) is 18.5 Å². The molecule has 5 heteroatoms. The summed E-state index contributed by atoms with van der Waals surface area (Å²) >= 11 is 1.52. The predicted molar refractivity (Wildman–Crippen MR) is 70.0 cm³/mol. The number of amidine groups is 1. The molecule has 0 saturated carbocycles. The van der Waals surface area contributed by atoms with Crippen LogP contribution in [0, 0.1) is 4.91 Å². The van der Waals surface area contributed by atoms with Crippen LogP contribution in [0.3, 0.4) is 0 Å². The Balaban J connectivity index is 2.23. The second-order valence-electron chi connectivity index (χ2n) is 3.86. The molecule has 90 valence electrons. The Morgan fingerprint density at radius 3 is 3.00 bits per heavy atom. The fourth-order valence-electron chi connectivity index (χ4n) is 1.80. The Morgan fingerprint density at radius 1 is 1.47 bits per heavy atom. The Labute approximate surface area is 104 Å². The van der Waals surface area contributed by atoms with Crippen LogP contribution in [0.25, 0.3) is 0 Å². The first-order chi connectivity index (χ1) is 8.24. The van der Waals surface area contributed by atoms with E-state index >= 15 is 0 Å². The van der Waals surface area contributed by atoms with Crippen LogP contribution in [-0.2, 0) is 0 Å². The molecule has 0 fully saturated rings. The number of hydrogen-bond acceptors (Lipinski definition) is 4. The van der Waals surface area contributed by atoms with Crippen molar-refractivity contribution in [2.45, 2.75) is 13.0 Å². The molecule has 0 aromatic heterocycles. The summed E-state index contributed by atoms with van der Waals surface area (Å²) in [6.07, 6.45) is 0. The van der Waals surface area contributed by atoms with Gasteiger partial charge in [0.2, 0.25) is 0 Å². The zero-order valence-corrected chi connectivity index (χ0v) is 10.5. The number of para-hydroxylation sites is 1. The molecule has 1 aromatic carbocycles. The standard InChI is InChI=1S/C12H15N2O2S/c1-9-10-4-2-3-5-11(10)13-12(14(9)16)8-17-7-6-15/h2-5,9,15H,6-8H2,1H3/q+1. The molecule has 1 aliphatic heterocycles. The molecule has 0 radical (unpaired) electrons. The molecule has 1 N–H and O–H groups in total. The van der Waals surface area contributed by atoms with Gasteiger partial charge in [0.15, 0.2) is 11.7 Å². The number of rotatable bonds is 4. The van der Waals surface area contributed by atoms with E-state index in [1.165, 1.54) is 11.8 Å². The Hall–Kier alpha value is -1.20. The molecule has 1 unspecified atom stereocenters. The Kier molecular flexibility index (Phi) is 3.91. The fraction of sp³-hybridized carbons (Fsp3) is 0.417. The average molecular weight is 251 g/mol. The summed E-state index contributed by atoms with van der Waals surface area (Å²) < 4.78 is 0.965. The van der Waals surface area contributed by atoms with E-state index in [0.717, 1.165) is 16.0 Å². The zero-order chi connectivity index (χ0) is 12.3. The topological polar surface area (TPSA) is 52.7 Å². The highest BCUT2D eigenvalue weighted by Gasteiger charge is 2.33. The number of nitroso groups, excluding NO2 is 1. The van der Waals surface area contributed by atoms with Crippen molar-refractivity contribution in [2.75, 3.05) is 18.1 Å². The van der Waals surface area contributed by atoms with E-state index < -0.39 is 0 Å². The van der Waals surface area contributed by atoms with Gasteiger partial charge in [0.05, 0.1) is 12.2 Å². The normalized spacial score (nSPS) is 18.8. The maximum absolute atomic E-state index is 12.0. The number of aliphatic hydroxyl groups excluding tert-OH is 1. The van der Waals surface area contributed by atoms with Crippen molar-refractivity contribution in [1.29, 1.82) is 0 Å². The molecular formula is C12H15N2O2S+. The van der Waals surface area contributed by atoms with Gasteiger partial charge in [0.1, 0.15) is 5.75 Å². The molecule has 0 amide bonds. The van der Waals surface area contributed by atoms with Crippen LogP contribution in [0.2, 0.25) is 0 Å². The minimum absolute atomic E-state index is 0.128. The van der Waals surface area contributed by atoms with Crippen molar-refractivity contribution in [1.82, 2.24) is 0 Å². The summed E-state index contributed by atoms with van der Waals surface area (Å²) in [5, 5.41) is 8.72. The molecule has 4 nitrogen and oxygen atoms in total. The van der Waals surface area contributed by atoms with Gasteiger partial charge in [0, 0.05) is 5.75 Å². The van der Waals surface area contributed by atoms with E-state index in [1.807, 2.05) is 31.2 Å². The molecule has 2 rings (SSSR count). The minimum atomic E-state index is -0.187. The monoisotopic (exact) mass is 251 g/mol. The second kappa shape index (κ2) is 5.42. The van der Waals surface area contributed by atoms with Crippen LogP contribution >= 0.6 is 11.8 Å². The van der Waals surface area contributed by atoms with E-state index in [-0.39, 0.29) is 12.6 Å². The lowest BCUT2D eigenvalue weighted by Crippen LogP contribution is -2.26. The van der Waals surface area contributed by atoms with Gasteiger partial charge in [-0.15, -0.1) is 11.8 Å². The summed E-state index contributed by atoms with van der Waals surface area (Å²) in [6.45, 7) is 2.01. The van der Waals surface area contributed by atoms with E-state index in [1.54, 1.807) is 0 Å². The molecule has 1 atom stereocenters. The quantitative estimate of drug-likeness (QED) is 0.660. The highest BCUT2D eigenvalue weighted by molar-refractivity contribution is 7.99. The molecule has 0 saturated heterocycles. The first-order valence-electron chi connectivity index (χ1n) is 5.55. The zero-order valence-electron chi connectivity index (χ0n) is 9.67. The van der Waals surface area contributed by atoms with Gasteiger partial charge in [0.25, 0.3) is 0 Å². The van der Waals surface area contributed by atoms with Crippen LogP contribution in [0.15, 0.2) is 29.3 Å². The molecule has 17 heavy (non-hydrogen) atoms. The lowest BCUT2D eigenvalue weighted by molar-refractivity contribution is -0.480. The molecule has 0 spiro atoms. The van der Waals surface area contributed by atoms with Gasteiger partial charge in [-0.1, -0.05) is 23.1 Å². The van der Waals surface area contributed by atoms with Gasteiger partial charge in [-0.05, 0) is 22.7 Å². The van der Waals surface area contributed by atoms with E-state index in [9.17, 15) is 4.91 Å². The van der Waals surface area contributed by atoms with Crippen molar-refractivity contribution in [3.8, 4) is 0 Å². The number of benzene rings is 1. The van der Waals surface area contributed by atoms with Crippen molar-refractivity contribution in [3.05, 3.63) is 34.7 Å². The molecule has 1 aliphatic rings. The molecular weight excluding hydrogens is 236 g/mol. The van der Waals surface area contributed by atoms with Gasteiger partial charge in [-0.25, -0.2) is 0 Å². The number of thioether (sulfide) groups is 1. The third kappa shape index (κ3) is 2.56. The van der Waals surface area contributed by atoms with Gasteiger partial charge in [-0.2, -0.15) is 0 Å². The third-order valence-electron chi connectivity index (χ3n) is 2.71. The second-order valence-corrected chi connectivity index (χ2v) is 4.97. The molecule has 0 bridgehead atoms. The Bertz CT molecular complexity index is 460. The number of aliphatic hydroxyl groups is 1. The van der Waals surface area contributed by atoms with Crippen LogP contribution in [-0.4, -0.2) is 33.8 Å². The van der Waals surface area contributed by atoms with Crippen molar-refractivity contribution < 1.29 is 9.87 Å². The fourth-order valence-corrected chi connectivity index (χ4v) is 2.45. The van der Waals surface area contributed by atoms with Crippen LogP contribution < -0.4 is 0 Å². The minimum Gasteiger partial charge on any atom is -0.396 e. The predicted octanol–water partition coefficient (Wildman–Crippen LogP) is 2.30. The van der Waals surface area contributed by atoms with E-state index in [4.69, 9.17) is 5.11 Å². The largest absolute Gasteiger partial charge is 0.396 e. The van der Waals surface area contributed by atoms with E-state index in [2.05, 4.69) is 4.99 Å². The van der Waals surface area contributed by atoms with Gasteiger partial charge < -0.3 is 5.11 Å². The highest BCUT2D eigenvalue weighted by atomic mass is 32.2. The summed E-state index contributed by atoms with van der Waals surface area (Å²) in [6, 6.07) is 7.52. The molecule has 0 aliphatic carbocycles. The highest BCUT2D eigenvalue weighted by Crippen LogP contribution is 2.32. The third-order valence-corrected chi connectivity index (χ3v) is 3.64. The van der Waals surface area contributed by atoms with E-state index in [0.29, 0.717) is 17.3 Å². The summed E-state index contributed by atoms with van der Waals surface area (Å²) in [7, 11) is 0. The van der Waals surface area contributed by atoms with Gasteiger partial charge in [-0.3, -0.25) is 0 Å². The molecule has 1 heterocycles. The maximum atomic E-state index is 12.0. The number of fused-ring (bicyclic) bond motifs is 1. The SMILES string of the molecule is CC1c2ccccc2N=C(CSCCO)[N+]1=O. The van der Waals surface area contributed by atoms with Crippen LogP contribution in [0.5, 0.6) is 0 Å². The lowest BCUT2D eigenvalue weighted by atomic mass is 10.0. The summed E-state index contributed by atoms with van der Waals surface area (Å²) in [4.78, 5) is 16.4. The first kappa shape index (κ1) is 12.3.